The Balaban J connectivity index is 1.76. The van der Waals surface area contributed by atoms with E-state index >= 15 is 0 Å². The van der Waals surface area contributed by atoms with Crippen molar-refractivity contribution in [1.29, 1.82) is 0 Å². The van der Waals surface area contributed by atoms with Gasteiger partial charge in [0.05, 0.1) is 23.3 Å². The number of rotatable bonds is 13. The molecule has 0 radical (unpaired) electrons. The fourth-order valence-electron chi connectivity index (χ4n) is 4.28. The first-order valence-electron chi connectivity index (χ1n) is 13.5. The van der Waals surface area contributed by atoms with Crippen molar-refractivity contribution in [1.82, 2.24) is 14.8 Å². The van der Waals surface area contributed by atoms with Gasteiger partial charge in [0.15, 0.2) is 11.5 Å². The van der Waals surface area contributed by atoms with Crippen molar-refractivity contribution in [3.8, 4) is 11.5 Å². The number of hydrogen-bond donors (Lipinski definition) is 1. The minimum Gasteiger partial charge on any atom is -0.490 e. The van der Waals surface area contributed by atoms with Crippen LogP contribution in [0.2, 0.25) is 10.0 Å². The van der Waals surface area contributed by atoms with Gasteiger partial charge in [0, 0.05) is 27.1 Å². The molecule has 0 saturated heterocycles. The number of ether oxygens (including phenoxy) is 3. The maximum Gasteiger partial charge on any atom is 0.338 e. The maximum absolute atomic E-state index is 13.5. The van der Waals surface area contributed by atoms with Crippen molar-refractivity contribution in [3.05, 3.63) is 67.2 Å². The van der Waals surface area contributed by atoms with Gasteiger partial charge in [0.2, 0.25) is 11.1 Å². The van der Waals surface area contributed by atoms with Crippen molar-refractivity contribution < 1.29 is 19.0 Å². The number of halogens is 3. The molecule has 3 aromatic rings. The van der Waals surface area contributed by atoms with Gasteiger partial charge in [-0.25, -0.2) is 9.48 Å². The van der Waals surface area contributed by atoms with Crippen LogP contribution in [0.1, 0.15) is 64.1 Å². The largest absolute Gasteiger partial charge is 0.490 e. The first kappa shape index (κ1) is 31.5. The quantitative estimate of drug-likeness (QED) is 0.109. The Morgan fingerprint density at radius 1 is 1.15 bits per heavy atom. The predicted molar refractivity (Wildman–Crippen MR) is 167 cm³/mol. The number of unbranched alkanes of at least 4 members (excludes halogenated alkanes) is 1. The van der Waals surface area contributed by atoms with E-state index in [1.807, 2.05) is 32.0 Å². The van der Waals surface area contributed by atoms with Crippen LogP contribution in [0.25, 0.3) is 0 Å². The number of nitrogens with zero attached hydrogens (tertiary/aromatic N) is 3. The normalized spacial score (nSPS) is 14.5. The molecule has 0 amide bonds. The molecule has 2 aromatic carbocycles. The van der Waals surface area contributed by atoms with Crippen molar-refractivity contribution in [2.45, 2.75) is 64.8 Å². The number of benzene rings is 2. The second-order valence-corrected chi connectivity index (χ2v) is 12.1. The number of nitrogens with one attached hydrogen (secondary N) is 1. The molecule has 1 aliphatic rings. The van der Waals surface area contributed by atoms with Gasteiger partial charge in [-0.15, -0.1) is 5.10 Å². The van der Waals surface area contributed by atoms with Gasteiger partial charge in [-0.05, 0) is 72.4 Å². The fourth-order valence-corrected chi connectivity index (χ4v) is 6.00. The average molecular weight is 684 g/mol. The summed E-state index contributed by atoms with van der Waals surface area (Å²) in [5.74, 6) is 2.07. The highest BCUT2D eigenvalue weighted by Gasteiger charge is 2.36. The fraction of sp³-hybridized carbons (Fsp3) is 0.414. The number of carbonyl (C=O) groups excluding carboxylic acids is 1. The molecule has 2 heterocycles. The standard InChI is InChI=1S/C29H33BrCl2N4O4S/c1-5-8-11-39-27(37)24-17(4)33-28-34-29(41-12-6-2)35-36(28)25(24)19-13-21(30)26(23(14-19)38-7-3)40-16-18-9-10-20(31)15-22(18)32/h9-10,13-15,25H,5-8,11-12,16H2,1-4H3,(H,33,34,35). The molecule has 0 saturated carbocycles. The van der Waals surface area contributed by atoms with Crippen LogP contribution in [-0.2, 0) is 16.1 Å². The number of thioether (sulfide) groups is 1. The lowest BCUT2D eigenvalue weighted by Gasteiger charge is -2.29. The summed E-state index contributed by atoms with van der Waals surface area (Å²) < 4.78 is 20.3. The van der Waals surface area contributed by atoms with E-state index in [-0.39, 0.29) is 6.61 Å². The molecule has 0 aliphatic carbocycles. The second-order valence-electron chi connectivity index (χ2n) is 9.35. The number of aromatic nitrogens is 3. The highest BCUT2D eigenvalue weighted by molar-refractivity contribution is 9.10. The highest BCUT2D eigenvalue weighted by Crippen LogP contribution is 2.44. The smallest absolute Gasteiger partial charge is 0.338 e. The van der Waals surface area contributed by atoms with Crippen LogP contribution in [0.5, 0.6) is 11.5 Å². The maximum atomic E-state index is 13.5. The Morgan fingerprint density at radius 3 is 2.66 bits per heavy atom. The summed E-state index contributed by atoms with van der Waals surface area (Å²) in [5.41, 5.74) is 2.67. The van der Waals surface area contributed by atoms with Gasteiger partial charge < -0.3 is 19.5 Å². The lowest BCUT2D eigenvalue weighted by molar-refractivity contribution is -0.139. The summed E-state index contributed by atoms with van der Waals surface area (Å²) >= 11 is 17.7. The molecule has 4 rings (SSSR count). The number of anilines is 1. The Morgan fingerprint density at radius 2 is 1.95 bits per heavy atom. The summed E-state index contributed by atoms with van der Waals surface area (Å²) in [6.45, 7) is 8.88. The number of carbonyl (C=O) groups is 1. The van der Waals surface area contributed by atoms with Crippen molar-refractivity contribution >= 4 is 62.8 Å². The topological polar surface area (TPSA) is 87.5 Å². The van der Waals surface area contributed by atoms with E-state index in [4.69, 9.17) is 42.5 Å². The molecular weight excluding hydrogens is 651 g/mol. The molecular formula is C29H33BrCl2N4O4S. The SMILES string of the molecule is CCCCOC(=O)C1=C(C)Nc2nc(SCCC)nn2C1c1cc(Br)c(OCc2ccc(Cl)cc2Cl)c(OCC)c1. The van der Waals surface area contributed by atoms with Crippen molar-refractivity contribution in [3.63, 3.8) is 0 Å². The van der Waals surface area contributed by atoms with E-state index in [1.165, 1.54) is 0 Å². The summed E-state index contributed by atoms with van der Waals surface area (Å²) in [6, 6.07) is 8.46. The predicted octanol–water partition coefficient (Wildman–Crippen LogP) is 8.46. The van der Waals surface area contributed by atoms with E-state index in [0.29, 0.717) is 61.6 Å². The molecule has 220 valence electrons. The monoisotopic (exact) mass is 682 g/mol. The zero-order valence-electron chi connectivity index (χ0n) is 23.4. The first-order valence-corrected chi connectivity index (χ1v) is 16.1. The van der Waals surface area contributed by atoms with Crippen LogP contribution in [0, 0.1) is 0 Å². The molecule has 8 nitrogen and oxygen atoms in total. The Kier molecular flexibility index (Phi) is 11.3. The van der Waals surface area contributed by atoms with E-state index < -0.39 is 12.0 Å². The number of fused-ring (bicyclic) bond motifs is 1. The highest BCUT2D eigenvalue weighted by atomic mass is 79.9. The van der Waals surface area contributed by atoms with Crippen LogP contribution in [0.15, 0.2) is 51.2 Å². The van der Waals surface area contributed by atoms with Crippen LogP contribution in [-0.4, -0.2) is 39.7 Å². The van der Waals surface area contributed by atoms with Crippen LogP contribution >= 0.6 is 50.9 Å². The van der Waals surface area contributed by atoms with E-state index in [1.54, 1.807) is 28.6 Å². The zero-order valence-corrected chi connectivity index (χ0v) is 27.3. The third-order valence-electron chi connectivity index (χ3n) is 6.25. The van der Waals surface area contributed by atoms with Crippen molar-refractivity contribution in [2.24, 2.45) is 0 Å². The first-order chi connectivity index (χ1) is 19.8. The van der Waals surface area contributed by atoms with Crippen LogP contribution < -0.4 is 14.8 Å². The summed E-state index contributed by atoms with van der Waals surface area (Å²) in [7, 11) is 0. The summed E-state index contributed by atoms with van der Waals surface area (Å²) in [5, 5.41) is 9.74. The lowest BCUT2D eigenvalue weighted by Crippen LogP contribution is -2.30. The molecule has 41 heavy (non-hydrogen) atoms. The van der Waals surface area contributed by atoms with Gasteiger partial charge >= 0.3 is 5.97 Å². The molecule has 0 bridgehead atoms. The van der Waals surface area contributed by atoms with Gasteiger partial charge in [-0.2, -0.15) is 4.98 Å². The third kappa shape index (κ3) is 7.52. The van der Waals surface area contributed by atoms with Crippen LogP contribution in [0.3, 0.4) is 0 Å². The van der Waals surface area contributed by atoms with Gasteiger partial charge in [-0.1, -0.05) is 61.3 Å². The summed E-state index contributed by atoms with van der Waals surface area (Å²) in [6.07, 6.45) is 2.70. The van der Waals surface area contributed by atoms with Crippen molar-refractivity contribution in [2.75, 3.05) is 24.3 Å². The van der Waals surface area contributed by atoms with E-state index in [2.05, 4.69) is 40.1 Å². The van der Waals surface area contributed by atoms with Gasteiger partial charge in [-0.3, -0.25) is 0 Å². The molecule has 1 N–H and O–H groups in total. The van der Waals surface area contributed by atoms with Crippen LogP contribution in [0.4, 0.5) is 5.95 Å². The molecule has 1 unspecified atom stereocenters. The van der Waals surface area contributed by atoms with E-state index in [9.17, 15) is 4.79 Å². The number of esters is 1. The number of allylic oxidation sites excluding steroid dienone is 1. The molecule has 0 fully saturated rings. The minimum absolute atomic E-state index is 0.209. The van der Waals surface area contributed by atoms with Gasteiger partial charge in [0.1, 0.15) is 12.6 Å². The number of hydrogen-bond acceptors (Lipinski definition) is 8. The molecule has 1 aromatic heterocycles. The molecule has 1 atom stereocenters. The average Bonchev–Trinajstić information content (AvgIpc) is 3.33. The van der Waals surface area contributed by atoms with E-state index in [0.717, 1.165) is 36.1 Å². The minimum atomic E-state index is -0.598. The Bertz CT molecular complexity index is 1430. The third-order valence-corrected chi connectivity index (χ3v) is 8.47. The Hall–Kier alpha value is -2.40. The second kappa shape index (κ2) is 14.7. The zero-order chi connectivity index (χ0) is 29.5. The molecule has 1 aliphatic heterocycles. The molecule has 0 spiro atoms. The van der Waals surface area contributed by atoms with Gasteiger partial charge in [0.25, 0.3) is 0 Å². The Labute approximate surface area is 263 Å². The molecule has 12 heteroatoms. The summed E-state index contributed by atoms with van der Waals surface area (Å²) in [4.78, 5) is 18.1. The lowest BCUT2D eigenvalue weighted by atomic mass is 9.95.